The largest absolute Gasteiger partial charge is 0.417 e. The molecule has 22 heavy (non-hydrogen) atoms. The molecule has 0 aliphatic heterocycles. The number of halogens is 1. The van der Waals surface area contributed by atoms with Gasteiger partial charge in [0.25, 0.3) is 0 Å². The Morgan fingerprint density at radius 1 is 1.14 bits per heavy atom. The summed E-state index contributed by atoms with van der Waals surface area (Å²) in [6.07, 6.45) is -0.858. The number of hydrogen-bond donors (Lipinski definition) is 2. The maximum Gasteiger partial charge on any atom is 0.191 e. The highest BCUT2D eigenvalue weighted by molar-refractivity contribution is 6.74. The predicted molar refractivity (Wildman–Crippen MR) is 94.9 cm³/mol. The molecule has 1 aromatic carbocycles. The van der Waals surface area contributed by atoms with E-state index in [9.17, 15) is 10.2 Å². The zero-order valence-electron chi connectivity index (χ0n) is 14.3. The summed E-state index contributed by atoms with van der Waals surface area (Å²) in [7, 11) is -1.80. The highest BCUT2D eigenvalue weighted by atomic mass is 35.5. The number of aliphatic hydroxyl groups is 2. The Morgan fingerprint density at radius 2 is 1.73 bits per heavy atom. The summed E-state index contributed by atoms with van der Waals surface area (Å²) in [5.74, 6) is 0. The maximum absolute atomic E-state index is 10.1. The smallest absolute Gasteiger partial charge is 0.191 e. The van der Waals surface area contributed by atoms with Crippen molar-refractivity contribution in [3.8, 4) is 0 Å². The van der Waals surface area contributed by atoms with Crippen molar-refractivity contribution >= 4 is 19.9 Å². The number of benzene rings is 1. The Labute approximate surface area is 140 Å². The first-order valence-electron chi connectivity index (χ1n) is 7.78. The van der Waals surface area contributed by atoms with E-state index in [0.29, 0.717) is 24.5 Å². The fourth-order valence-electron chi connectivity index (χ4n) is 1.87. The minimum Gasteiger partial charge on any atom is -0.417 e. The monoisotopic (exact) mass is 344 g/mol. The van der Waals surface area contributed by atoms with Crippen LogP contribution in [0.2, 0.25) is 23.2 Å². The average molecular weight is 345 g/mol. The molecule has 0 radical (unpaired) electrons. The molecule has 3 nitrogen and oxygen atoms in total. The van der Waals surface area contributed by atoms with Crippen LogP contribution in [0.4, 0.5) is 0 Å². The van der Waals surface area contributed by atoms with E-state index in [1.165, 1.54) is 0 Å². The summed E-state index contributed by atoms with van der Waals surface area (Å²) >= 11 is 6.08. The van der Waals surface area contributed by atoms with Crippen LogP contribution < -0.4 is 0 Å². The van der Waals surface area contributed by atoms with Crippen LogP contribution in [0.5, 0.6) is 0 Å². The van der Waals surface area contributed by atoms with Crippen LogP contribution in [0.1, 0.15) is 32.8 Å². The minimum absolute atomic E-state index is 0.147. The fraction of sp³-hybridized carbons (Fsp3) is 0.647. The summed E-state index contributed by atoms with van der Waals surface area (Å²) in [4.78, 5) is 0. The van der Waals surface area contributed by atoms with Gasteiger partial charge in [-0.05, 0) is 36.2 Å². The van der Waals surface area contributed by atoms with Gasteiger partial charge in [0.05, 0.1) is 12.2 Å². The van der Waals surface area contributed by atoms with Crippen LogP contribution in [0.3, 0.4) is 0 Å². The molecule has 0 aliphatic carbocycles. The van der Waals surface area contributed by atoms with E-state index in [2.05, 4.69) is 33.9 Å². The van der Waals surface area contributed by atoms with Gasteiger partial charge in [0.15, 0.2) is 8.32 Å². The summed E-state index contributed by atoms with van der Waals surface area (Å²) in [5, 5.41) is 21.0. The lowest BCUT2D eigenvalue weighted by Gasteiger charge is -2.36. The van der Waals surface area contributed by atoms with Crippen molar-refractivity contribution < 1.29 is 14.6 Å². The first-order valence-corrected chi connectivity index (χ1v) is 11.1. The van der Waals surface area contributed by atoms with Gasteiger partial charge < -0.3 is 14.6 Å². The highest BCUT2D eigenvalue weighted by Gasteiger charge is 2.37. The molecule has 0 fully saturated rings. The molecule has 5 heteroatoms. The number of rotatable bonds is 7. The average Bonchev–Trinajstić information content (AvgIpc) is 2.39. The van der Waals surface area contributed by atoms with Gasteiger partial charge in [0.1, 0.15) is 0 Å². The SMILES string of the molecule is CC(C)(C)[Si](C)(C)OCC[C@H](O)[C@@H](O)Cc1ccccc1Cl. The van der Waals surface area contributed by atoms with Gasteiger partial charge in [0.2, 0.25) is 0 Å². The standard InChI is InChI=1S/C17H29ClO3Si/c1-17(2,3)22(4,5)21-11-10-15(19)16(20)12-13-8-6-7-9-14(13)18/h6-9,15-16,19-20H,10-12H2,1-5H3/t15-,16-/m0/s1. The van der Waals surface area contributed by atoms with Crippen LogP contribution in [0.15, 0.2) is 24.3 Å². The van der Waals surface area contributed by atoms with Crippen molar-refractivity contribution in [1.82, 2.24) is 0 Å². The number of hydrogen-bond acceptors (Lipinski definition) is 3. The molecule has 0 aromatic heterocycles. The lowest BCUT2D eigenvalue weighted by Crippen LogP contribution is -2.42. The van der Waals surface area contributed by atoms with Gasteiger partial charge in [-0.1, -0.05) is 50.6 Å². The van der Waals surface area contributed by atoms with Crippen LogP contribution in [0.25, 0.3) is 0 Å². The van der Waals surface area contributed by atoms with Crippen molar-refractivity contribution in [2.45, 2.75) is 64.0 Å². The lowest BCUT2D eigenvalue weighted by atomic mass is 10.0. The van der Waals surface area contributed by atoms with Crippen LogP contribution in [-0.2, 0) is 10.8 Å². The molecular formula is C17H29ClO3Si. The van der Waals surface area contributed by atoms with E-state index >= 15 is 0 Å². The summed E-state index contributed by atoms with van der Waals surface area (Å²) in [5.41, 5.74) is 0.848. The molecule has 0 aliphatic rings. The van der Waals surface area contributed by atoms with E-state index in [0.717, 1.165) is 5.56 Å². The predicted octanol–water partition coefficient (Wildman–Crippen LogP) is 4.02. The topological polar surface area (TPSA) is 49.7 Å². The summed E-state index contributed by atoms with van der Waals surface area (Å²) in [6.45, 7) is 11.4. The zero-order valence-corrected chi connectivity index (χ0v) is 16.0. The van der Waals surface area contributed by atoms with Crippen molar-refractivity contribution in [2.24, 2.45) is 0 Å². The van der Waals surface area contributed by atoms with E-state index in [-0.39, 0.29) is 5.04 Å². The van der Waals surface area contributed by atoms with Crippen molar-refractivity contribution in [3.63, 3.8) is 0 Å². The first kappa shape index (κ1) is 19.7. The van der Waals surface area contributed by atoms with Crippen molar-refractivity contribution in [3.05, 3.63) is 34.9 Å². The Hall–Kier alpha value is -0.393. The van der Waals surface area contributed by atoms with E-state index in [4.69, 9.17) is 16.0 Å². The Bertz CT molecular complexity index is 471. The van der Waals surface area contributed by atoms with Crippen LogP contribution >= 0.6 is 11.6 Å². The molecular weight excluding hydrogens is 316 g/mol. The van der Waals surface area contributed by atoms with E-state index < -0.39 is 20.5 Å². The molecule has 0 amide bonds. The van der Waals surface area contributed by atoms with Crippen molar-refractivity contribution in [1.29, 1.82) is 0 Å². The van der Waals surface area contributed by atoms with Crippen LogP contribution in [-0.4, -0.2) is 37.3 Å². The quantitative estimate of drug-likeness (QED) is 0.734. The molecule has 1 rings (SSSR count). The third-order valence-electron chi connectivity index (χ3n) is 4.51. The molecule has 0 saturated heterocycles. The summed E-state index contributed by atoms with van der Waals surface area (Å²) < 4.78 is 6.03. The molecule has 2 atom stereocenters. The number of aliphatic hydroxyl groups excluding tert-OH is 2. The molecule has 1 aromatic rings. The fourth-order valence-corrected chi connectivity index (χ4v) is 3.14. The van der Waals surface area contributed by atoms with Crippen molar-refractivity contribution in [2.75, 3.05) is 6.61 Å². The van der Waals surface area contributed by atoms with Gasteiger partial charge >= 0.3 is 0 Å². The molecule has 2 N–H and O–H groups in total. The van der Waals surface area contributed by atoms with Crippen LogP contribution in [0, 0.1) is 0 Å². The second kappa shape index (κ2) is 7.93. The third-order valence-corrected chi connectivity index (χ3v) is 9.42. The second-order valence-electron chi connectivity index (χ2n) is 7.33. The molecule has 0 spiro atoms. The van der Waals surface area contributed by atoms with Gasteiger partial charge in [-0.25, -0.2) is 0 Å². The lowest BCUT2D eigenvalue weighted by molar-refractivity contribution is 0.00697. The Morgan fingerprint density at radius 3 is 2.27 bits per heavy atom. The van der Waals surface area contributed by atoms with E-state index in [1.807, 2.05) is 18.2 Å². The van der Waals surface area contributed by atoms with Gasteiger partial charge in [-0.2, -0.15) is 0 Å². The minimum atomic E-state index is -1.80. The first-order chi connectivity index (χ1) is 10.0. The van der Waals surface area contributed by atoms with Gasteiger partial charge in [-0.15, -0.1) is 0 Å². The maximum atomic E-state index is 10.1. The van der Waals surface area contributed by atoms with Gasteiger partial charge in [0, 0.05) is 18.1 Å². The molecule has 0 bridgehead atoms. The van der Waals surface area contributed by atoms with E-state index in [1.54, 1.807) is 6.07 Å². The molecule has 0 heterocycles. The van der Waals surface area contributed by atoms with Gasteiger partial charge in [-0.3, -0.25) is 0 Å². The Kier molecular flexibility index (Phi) is 7.08. The Balaban J connectivity index is 2.45. The normalized spacial score (nSPS) is 15.6. The highest BCUT2D eigenvalue weighted by Crippen LogP contribution is 2.36. The summed E-state index contributed by atoms with van der Waals surface area (Å²) in [6, 6.07) is 7.38. The molecule has 0 unspecified atom stereocenters. The zero-order chi connectivity index (χ0) is 17.0. The third kappa shape index (κ3) is 5.67. The molecule has 0 saturated carbocycles. The molecule has 126 valence electrons. The second-order valence-corrected chi connectivity index (χ2v) is 12.5.